The number of carbonyl (C=O) groups excluding carboxylic acids is 1. The highest BCUT2D eigenvalue weighted by atomic mass is 16.5. The van der Waals surface area contributed by atoms with E-state index in [1.807, 2.05) is 68.4 Å². The Kier molecular flexibility index (Phi) is 6.26. The summed E-state index contributed by atoms with van der Waals surface area (Å²) >= 11 is 0. The van der Waals surface area contributed by atoms with E-state index in [1.54, 1.807) is 0 Å². The van der Waals surface area contributed by atoms with Crippen LogP contribution in [-0.2, 0) is 16.1 Å². The fraction of sp³-hybridized carbons (Fsp3) is 0.381. The van der Waals surface area contributed by atoms with Gasteiger partial charge >= 0.3 is 0 Å². The summed E-state index contributed by atoms with van der Waals surface area (Å²) in [5.74, 6) is 0.770. The molecule has 138 valence electrons. The Morgan fingerprint density at radius 2 is 1.73 bits per heavy atom. The summed E-state index contributed by atoms with van der Waals surface area (Å²) in [6.07, 6.45) is 0.320. The van der Waals surface area contributed by atoms with Gasteiger partial charge in [0.25, 0.3) is 0 Å². The monoisotopic (exact) mass is 354 g/mol. The van der Waals surface area contributed by atoms with Gasteiger partial charge in [0.1, 0.15) is 12.4 Å². The molecule has 26 heavy (non-hydrogen) atoms. The van der Waals surface area contributed by atoms with Crippen LogP contribution in [0.1, 0.15) is 19.4 Å². The van der Waals surface area contributed by atoms with E-state index in [-0.39, 0.29) is 18.1 Å². The van der Waals surface area contributed by atoms with Crippen molar-refractivity contribution < 1.29 is 14.3 Å². The molecule has 3 rings (SSSR count). The molecule has 1 N–H and O–H groups in total. The smallest absolute Gasteiger partial charge is 0.238 e. The van der Waals surface area contributed by atoms with Gasteiger partial charge in [0.05, 0.1) is 18.8 Å². The summed E-state index contributed by atoms with van der Waals surface area (Å²) < 4.78 is 11.5. The molecule has 1 aliphatic heterocycles. The van der Waals surface area contributed by atoms with Gasteiger partial charge in [0, 0.05) is 18.8 Å². The Morgan fingerprint density at radius 1 is 1.08 bits per heavy atom. The summed E-state index contributed by atoms with van der Waals surface area (Å²) in [5, 5.41) is 2.94. The van der Waals surface area contributed by atoms with Gasteiger partial charge in [0.15, 0.2) is 0 Å². The number of nitrogens with zero attached hydrogens (tertiary/aromatic N) is 1. The van der Waals surface area contributed by atoms with E-state index in [9.17, 15) is 4.79 Å². The lowest BCUT2D eigenvalue weighted by molar-refractivity contribution is -0.121. The number of amides is 1. The van der Waals surface area contributed by atoms with Crippen LogP contribution in [0.5, 0.6) is 5.75 Å². The van der Waals surface area contributed by atoms with Crippen molar-refractivity contribution in [3.8, 4) is 5.75 Å². The molecular weight excluding hydrogens is 328 g/mol. The third-order valence-corrected chi connectivity index (χ3v) is 4.25. The fourth-order valence-corrected chi connectivity index (χ4v) is 3.19. The number of benzene rings is 2. The molecule has 2 aromatic rings. The maximum atomic E-state index is 12.3. The highest BCUT2D eigenvalue weighted by Crippen LogP contribution is 2.17. The second-order valence-corrected chi connectivity index (χ2v) is 6.80. The molecule has 1 fully saturated rings. The highest BCUT2D eigenvalue weighted by molar-refractivity contribution is 5.92. The summed E-state index contributed by atoms with van der Waals surface area (Å²) in [6, 6.07) is 17.5. The summed E-state index contributed by atoms with van der Waals surface area (Å²) in [7, 11) is 0. The molecule has 0 unspecified atom stereocenters. The van der Waals surface area contributed by atoms with Crippen molar-refractivity contribution >= 4 is 11.6 Å². The number of carbonyl (C=O) groups is 1. The van der Waals surface area contributed by atoms with Crippen LogP contribution < -0.4 is 10.1 Å². The van der Waals surface area contributed by atoms with Gasteiger partial charge in [-0.05, 0) is 43.7 Å². The second kappa shape index (κ2) is 8.83. The summed E-state index contributed by atoms with van der Waals surface area (Å²) in [6.45, 7) is 6.54. The Morgan fingerprint density at radius 3 is 2.38 bits per heavy atom. The Hall–Kier alpha value is -2.37. The number of hydrogen-bond donors (Lipinski definition) is 1. The Balaban J connectivity index is 1.47. The van der Waals surface area contributed by atoms with E-state index in [4.69, 9.17) is 9.47 Å². The normalized spacial score (nSPS) is 20.5. The van der Waals surface area contributed by atoms with Gasteiger partial charge in [0.2, 0.25) is 5.91 Å². The average molecular weight is 354 g/mol. The molecular formula is C21H26N2O3. The van der Waals surface area contributed by atoms with Crippen molar-refractivity contribution in [1.29, 1.82) is 0 Å². The topological polar surface area (TPSA) is 50.8 Å². The summed E-state index contributed by atoms with van der Waals surface area (Å²) in [5.41, 5.74) is 1.90. The Bertz CT molecular complexity index is 693. The molecule has 1 amide bonds. The van der Waals surface area contributed by atoms with Crippen LogP contribution in [-0.4, -0.2) is 42.6 Å². The maximum absolute atomic E-state index is 12.3. The van der Waals surface area contributed by atoms with Crippen LogP contribution in [0, 0.1) is 0 Å². The molecule has 0 spiro atoms. The number of hydrogen-bond acceptors (Lipinski definition) is 4. The van der Waals surface area contributed by atoms with Gasteiger partial charge in [-0.3, -0.25) is 9.69 Å². The number of anilines is 1. The molecule has 2 aromatic carbocycles. The molecule has 1 heterocycles. The average Bonchev–Trinajstić information content (AvgIpc) is 2.61. The minimum absolute atomic E-state index is 0.00995. The molecule has 0 aliphatic carbocycles. The highest BCUT2D eigenvalue weighted by Gasteiger charge is 2.23. The first kappa shape index (κ1) is 18.4. The maximum Gasteiger partial charge on any atom is 0.238 e. The standard InChI is InChI=1S/C21H26N2O3/c1-16-12-23(13-17(2)26-16)14-21(24)22-19-8-10-20(11-9-19)25-15-18-6-4-3-5-7-18/h3-11,16-17H,12-15H2,1-2H3,(H,22,24)/t16-,17-/m0/s1. The van der Waals surface area contributed by atoms with Crippen LogP contribution >= 0.6 is 0 Å². The van der Waals surface area contributed by atoms with Crippen LogP contribution in [0.2, 0.25) is 0 Å². The molecule has 1 aliphatic rings. The first-order valence-corrected chi connectivity index (χ1v) is 9.03. The van der Waals surface area contributed by atoms with Gasteiger partial charge < -0.3 is 14.8 Å². The van der Waals surface area contributed by atoms with E-state index in [0.717, 1.165) is 30.1 Å². The van der Waals surface area contributed by atoms with Gasteiger partial charge in [-0.25, -0.2) is 0 Å². The predicted octanol–water partition coefficient (Wildman–Crippen LogP) is 3.31. The molecule has 5 heteroatoms. The molecule has 5 nitrogen and oxygen atoms in total. The molecule has 0 aromatic heterocycles. The third-order valence-electron chi connectivity index (χ3n) is 4.25. The lowest BCUT2D eigenvalue weighted by atomic mass is 10.2. The lowest BCUT2D eigenvalue weighted by Gasteiger charge is -2.34. The van der Waals surface area contributed by atoms with Crippen LogP contribution in [0.3, 0.4) is 0 Å². The lowest BCUT2D eigenvalue weighted by Crippen LogP contribution is -2.48. The fourth-order valence-electron chi connectivity index (χ4n) is 3.19. The van der Waals surface area contributed by atoms with Crippen molar-refractivity contribution in [2.24, 2.45) is 0 Å². The van der Waals surface area contributed by atoms with Gasteiger partial charge in [-0.1, -0.05) is 30.3 Å². The van der Waals surface area contributed by atoms with E-state index in [2.05, 4.69) is 10.2 Å². The number of morpholine rings is 1. The Labute approximate surface area is 154 Å². The van der Waals surface area contributed by atoms with Crippen molar-refractivity contribution in [3.63, 3.8) is 0 Å². The van der Waals surface area contributed by atoms with Crippen LogP contribution in [0.25, 0.3) is 0 Å². The molecule has 0 bridgehead atoms. The minimum atomic E-state index is -0.00995. The van der Waals surface area contributed by atoms with E-state index in [0.29, 0.717) is 13.2 Å². The van der Waals surface area contributed by atoms with E-state index < -0.39 is 0 Å². The number of rotatable bonds is 6. The summed E-state index contributed by atoms with van der Waals surface area (Å²) in [4.78, 5) is 14.4. The molecule has 0 saturated carbocycles. The number of nitrogens with one attached hydrogen (secondary N) is 1. The van der Waals surface area contributed by atoms with Gasteiger partial charge in [-0.15, -0.1) is 0 Å². The van der Waals surface area contributed by atoms with E-state index >= 15 is 0 Å². The predicted molar refractivity (Wildman–Crippen MR) is 102 cm³/mol. The second-order valence-electron chi connectivity index (χ2n) is 6.80. The van der Waals surface area contributed by atoms with Crippen molar-refractivity contribution in [1.82, 2.24) is 4.90 Å². The zero-order chi connectivity index (χ0) is 18.4. The van der Waals surface area contributed by atoms with Crippen LogP contribution in [0.15, 0.2) is 54.6 Å². The zero-order valence-corrected chi connectivity index (χ0v) is 15.4. The van der Waals surface area contributed by atoms with Crippen LogP contribution in [0.4, 0.5) is 5.69 Å². The minimum Gasteiger partial charge on any atom is -0.489 e. The van der Waals surface area contributed by atoms with Crippen molar-refractivity contribution in [2.45, 2.75) is 32.7 Å². The molecule has 1 saturated heterocycles. The van der Waals surface area contributed by atoms with E-state index in [1.165, 1.54) is 0 Å². The van der Waals surface area contributed by atoms with Crippen molar-refractivity contribution in [3.05, 3.63) is 60.2 Å². The molecule has 2 atom stereocenters. The molecule has 0 radical (unpaired) electrons. The first-order valence-electron chi connectivity index (χ1n) is 9.03. The number of ether oxygens (including phenoxy) is 2. The zero-order valence-electron chi connectivity index (χ0n) is 15.4. The quantitative estimate of drug-likeness (QED) is 0.865. The first-order chi connectivity index (χ1) is 12.6. The SMILES string of the molecule is C[C@H]1CN(CC(=O)Nc2ccc(OCc3ccccc3)cc2)C[C@H](C)O1. The van der Waals surface area contributed by atoms with Gasteiger partial charge in [-0.2, -0.15) is 0 Å². The third kappa shape index (κ3) is 5.58. The van der Waals surface area contributed by atoms with Crippen molar-refractivity contribution in [2.75, 3.05) is 25.0 Å². The largest absolute Gasteiger partial charge is 0.489 e.